The normalized spacial score (nSPS) is 12.0. The maximum Gasteiger partial charge on any atom is 0.416 e. The summed E-state index contributed by atoms with van der Waals surface area (Å²) in [7, 11) is 3.78. The number of alkyl halides is 3. The van der Waals surface area contributed by atoms with Gasteiger partial charge in [-0.2, -0.15) is 13.2 Å². The molecule has 0 N–H and O–H groups in total. The van der Waals surface area contributed by atoms with E-state index in [0.717, 1.165) is 27.8 Å². The number of nitrogens with zero attached hydrogens (tertiary/aromatic N) is 2. The Labute approximate surface area is 144 Å². The predicted molar refractivity (Wildman–Crippen MR) is 93.3 cm³/mol. The zero-order valence-electron chi connectivity index (χ0n) is 14.0. The van der Waals surface area contributed by atoms with Gasteiger partial charge in [-0.1, -0.05) is 17.8 Å². The van der Waals surface area contributed by atoms with Crippen molar-refractivity contribution in [2.24, 2.45) is 4.99 Å². The van der Waals surface area contributed by atoms with Gasteiger partial charge in [0.25, 0.3) is 0 Å². The van der Waals surface area contributed by atoms with Gasteiger partial charge < -0.3 is 4.90 Å². The van der Waals surface area contributed by atoms with Crippen molar-refractivity contribution in [1.29, 1.82) is 0 Å². The molecule has 0 atom stereocenters. The van der Waals surface area contributed by atoms with E-state index < -0.39 is 11.7 Å². The summed E-state index contributed by atoms with van der Waals surface area (Å²) in [5.74, 6) is 0. The van der Waals surface area contributed by atoms with Crippen LogP contribution in [0.3, 0.4) is 0 Å². The van der Waals surface area contributed by atoms with Crippen LogP contribution in [0.25, 0.3) is 0 Å². The van der Waals surface area contributed by atoms with Crippen molar-refractivity contribution >= 4 is 23.8 Å². The molecule has 2 nitrogen and oxygen atoms in total. The second-order valence-corrected chi connectivity index (χ2v) is 6.86. The van der Waals surface area contributed by atoms with Crippen molar-refractivity contribution in [3.8, 4) is 0 Å². The van der Waals surface area contributed by atoms with Crippen molar-refractivity contribution in [2.45, 2.75) is 29.8 Å². The molecule has 0 aliphatic rings. The van der Waals surface area contributed by atoms with Gasteiger partial charge in [0.05, 0.1) is 17.6 Å². The molecule has 0 unspecified atom stereocenters. The first-order valence-electron chi connectivity index (χ1n) is 7.34. The lowest BCUT2D eigenvalue weighted by Crippen LogP contribution is -2.07. The summed E-state index contributed by atoms with van der Waals surface area (Å²) < 4.78 is 38.5. The highest BCUT2D eigenvalue weighted by atomic mass is 32.2. The van der Waals surface area contributed by atoms with E-state index in [0.29, 0.717) is 4.90 Å². The van der Waals surface area contributed by atoms with Crippen molar-refractivity contribution in [1.82, 2.24) is 4.90 Å². The third-order valence-corrected chi connectivity index (χ3v) is 4.46. The van der Waals surface area contributed by atoms with Gasteiger partial charge in [0.15, 0.2) is 0 Å². The summed E-state index contributed by atoms with van der Waals surface area (Å²) in [5.41, 5.74) is 2.19. The molecule has 0 aliphatic carbocycles. The average Bonchev–Trinajstić information content (AvgIpc) is 2.48. The van der Waals surface area contributed by atoms with Crippen LogP contribution in [0.1, 0.15) is 16.7 Å². The quantitative estimate of drug-likeness (QED) is 0.518. The standard InChI is InChI=1S/C18H19F3N2S/c1-12-9-17(13(2)8-16(12)22-11-23(3)4)24-15-7-5-6-14(10-15)18(19,20)21/h5-11H,1-4H3. The molecule has 128 valence electrons. The van der Waals surface area contributed by atoms with E-state index in [1.165, 1.54) is 23.9 Å². The fourth-order valence-electron chi connectivity index (χ4n) is 2.06. The number of aliphatic imine (C=N–C) groups is 1. The van der Waals surface area contributed by atoms with Gasteiger partial charge in [0.2, 0.25) is 0 Å². The highest BCUT2D eigenvalue weighted by Gasteiger charge is 2.30. The summed E-state index contributed by atoms with van der Waals surface area (Å²) in [6, 6.07) is 9.29. The molecule has 0 aromatic heterocycles. The van der Waals surface area contributed by atoms with Crippen LogP contribution >= 0.6 is 11.8 Å². The number of benzene rings is 2. The van der Waals surface area contributed by atoms with E-state index >= 15 is 0 Å². The number of aryl methyl sites for hydroxylation is 2. The number of hydrogen-bond acceptors (Lipinski definition) is 2. The predicted octanol–water partition coefficient (Wildman–Crippen LogP) is 5.69. The lowest BCUT2D eigenvalue weighted by atomic mass is 10.1. The van der Waals surface area contributed by atoms with Crippen molar-refractivity contribution < 1.29 is 13.2 Å². The summed E-state index contributed by atoms with van der Waals surface area (Å²) in [6.07, 6.45) is -2.60. The number of hydrogen-bond donors (Lipinski definition) is 0. The molecule has 2 aromatic carbocycles. The maximum absolute atomic E-state index is 12.8. The molecule has 24 heavy (non-hydrogen) atoms. The highest BCUT2D eigenvalue weighted by Crippen LogP contribution is 2.37. The minimum Gasteiger partial charge on any atom is -0.369 e. The minimum absolute atomic E-state index is 0.567. The smallest absolute Gasteiger partial charge is 0.369 e. The van der Waals surface area contributed by atoms with Crippen LogP contribution in [0.5, 0.6) is 0 Å². The van der Waals surface area contributed by atoms with E-state index in [9.17, 15) is 13.2 Å². The first kappa shape index (κ1) is 18.4. The summed E-state index contributed by atoms with van der Waals surface area (Å²) in [4.78, 5) is 7.74. The Morgan fingerprint density at radius 3 is 2.38 bits per heavy atom. The molecule has 0 radical (unpaired) electrons. The summed E-state index contributed by atoms with van der Waals surface area (Å²) >= 11 is 1.33. The molecule has 6 heteroatoms. The maximum atomic E-state index is 12.8. The molecular weight excluding hydrogens is 333 g/mol. The van der Waals surface area contributed by atoms with Crippen LogP contribution in [-0.4, -0.2) is 25.3 Å². The Bertz CT molecular complexity index is 752. The lowest BCUT2D eigenvalue weighted by Gasteiger charge is -2.12. The zero-order chi connectivity index (χ0) is 17.9. The third-order valence-electron chi connectivity index (χ3n) is 3.31. The molecule has 2 rings (SSSR count). The molecular formula is C18H19F3N2S. The Morgan fingerprint density at radius 2 is 1.75 bits per heavy atom. The van der Waals surface area contributed by atoms with E-state index in [1.807, 2.05) is 45.0 Å². The van der Waals surface area contributed by atoms with Gasteiger partial charge in [-0.15, -0.1) is 0 Å². The summed E-state index contributed by atoms with van der Waals surface area (Å²) in [6.45, 7) is 3.88. The van der Waals surface area contributed by atoms with Crippen LogP contribution in [0.4, 0.5) is 18.9 Å². The fraction of sp³-hybridized carbons (Fsp3) is 0.278. The fourth-order valence-corrected chi connectivity index (χ4v) is 3.11. The van der Waals surface area contributed by atoms with E-state index in [2.05, 4.69) is 4.99 Å². The van der Waals surface area contributed by atoms with E-state index in [1.54, 1.807) is 12.4 Å². The molecule has 0 saturated carbocycles. The highest BCUT2D eigenvalue weighted by molar-refractivity contribution is 7.99. The number of rotatable bonds is 4. The largest absolute Gasteiger partial charge is 0.416 e. The molecule has 2 aromatic rings. The van der Waals surface area contributed by atoms with Crippen molar-refractivity contribution in [2.75, 3.05) is 14.1 Å². The average molecular weight is 352 g/mol. The van der Waals surface area contributed by atoms with Crippen LogP contribution in [0.2, 0.25) is 0 Å². The zero-order valence-corrected chi connectivity index (χ0v) is 14.8. The van der Waals surface area contributed by atoms with Gasteiger partial charge in [-0.25, -0.2) is 4.99 Å². The van der Waals surface area contributed by atoms with Crippen molar-refractivity contribution in [3.63, 3.8) is 0 Å². The first-order valence-corrected chi connectivity index (χ1v) is 8.15. The van der Waals surface area contributed by atoms with Crippen molar-refractivity contribution in [3.05, 3.63) is 53.1 Å². The second-order valence-electron chi connectivity index (χ2n) is 5.74. The van der Waals surface area contributed by atoms with E-state index in [-0.39, 0.29) is 0 Å². The minimum atomic E-state index is -4.33. The first-order chi connectivity index (χ1) is 11.2. The molecule has 0 amide bonds. The SMILES string of the molecule is Cc1cc(Sc2cccc(C(F)(F)F)c2)c(C)cc1N=CN(C)C. The monoisotopic (exact) mass is 352 g/mol. The Kier molecular flexibility index (Phi) is 5.59. The van der Waals surface area contributed by atoms with Gasteiger partial charge in [0, 0.05) is 23.9 Å². The second kappa shape index (κ2) is 7.30. The van der Waals surface area contributed by atoms with E-state index in [4.69, 9.17) is 0 Å². The topological polar surface area (TPSA) is 15.6 Å². The lowest BCUT2D eigenvalue weighted by molar-refractivity contribution is -0.137. The molecule has 0 spiro atoms. The number of halogens is 3. The van der Waals surface area contributed by atoms with Gasteiger partial charge in [0.1, 0.15) is 0 Å². The molecule has 0 saturated heterocycles. The molecule has 0 aliphatic heterocycles. The van der Waals surface area contributed by atoms with Gasteiger partial charge >= 0.3 is 6.18 Å². The Hall–Kier alpha value is -1.95. The molecule has 0 bridgehead atoms. The third kappa shape index (κ3) is 4.77. The molecule has 0 heterocycles. The Balaban J connectivity index is 2.29. The van der Waals surface area contributed by atoms with Crippen LogP contribution in [0, 0.1) is 13.8 Å². The van der Waals surface area contributed by atoms with Gasteiger partial charge in [-0.3, -0.25) is 0 Å². The summed E-state index contributed by atoms with van der Waals surface area (Å²) in [5, 5.41) is 0. The van der Waals surface area contributed by atoms with Gasteiger partial charge in [-0.05, 0) is 55.3 Å². The van der Waals surface area contributed by atoms with Crippen LogP contribution in [-0.2, 0) is 6.18 Å². The van der Waals surface area contributed by atoms with Crippen LogP contribution in [0.15, 0.2) is 51.2 Å². The Morgan fingerprint density at radius 1 is 1.04 bits per heavy atom. The molecule has 0 fully saturated rings. The van der Waals surface area contributed by atoms with Crippen LogP contribution < -0.4 is 0 Å².